The lowest BCUT2D eigenvalue weighted by atomic mass is 10.1. The van der Waals surface area contributed by atoms with Crippen LogP contribution in [0.5, 0.6) is 11.5 Å². The molecule has 2 aromatic rings. The van der Waals surface area contributed by atoms with Gasteiger partial charge in [0.05, 0.1) is 36.3 Å². The summed E-state index contributed by atoms with van der Waals surface area (Å²) < 4.78 is 12.6. The summed E-state index contributed by atoms with van der Waals surface area (Å²) in [6.45, 7) is 0.278. The fourth-order valence-electron chi connectivity index (χ4n) is 1.87. The summed E-state index contributed by atoms with van der Waals surface area (Å²) in [6, 6.07) is 2.86. The van der Waals surface area contributed by atoms with Gasteiger partial charge in [0.15, 0.2) is 11.5 Å². The Morgan fingerprint density at radius 1 is 1.43 bits per heavy atom. The summed E-state index contributed by atoms with van der Waals surface area (Å²) in [5, 5.41) is 11.1. The van der Waals surface area contributed by atoms with Crippen LogP contribution in [-0.4, -0.2) is 21.6 Å². The predicted octanol–water partition coefficient (Wildman–Crippen LogP) is 1.37. The molecule has 0 radical (unpaired) electrons. The van der Waals surface area contributed by atoms with Crippen molar-refractivity contribution in [2.45, 2.75) is 13.2 Å². The van der Waals surface area contributed by atoms with Crippen LogP contribution in [0.2, 0.25) is 0 Å². The number of nitrogens with two attached hydrogens (primary N) is 1. The smallest absolute Gasteiger partial charge is 0.277 e. The van der Waals surface area contributed by atoms with Crippen LogP contribution in [0.4, 0.5) is 5.69 Å². The lowest BCUT2D eigenvalue weighted by molar-refractivity contribution is -0.385. The summed E-state index contributed by atoms with van der Waals surface area (Å²) in [5.74, 6) is 0.700. The molecule has 1 aromatic carbocycles. The Kier molecular flexibility index (Phi) is 4.39. The fourth-order valence-corrected chi connectivity index (χ4v) is 1.87. The molecule has 0 saturated heterocycles. The molecule has 0 atom stereocenters. The first-order valence-corrected chi connectivity index (χ1v) is 6.20. The Morgan fingerprint density at radius 2 is 2.19 bits per heavy atom. The van der Waals surface area contributed by atoms with Crippen molar-refractivity contribution in [3.05, 3.63) is 46.0 Å². The number of aromatic nitrogens is 2. The molecule has 1 heterocycles. The minimum atomic E-state index is -0.488. The minimum Gasteiger partial charge on any atom is -0.493 e. The average Bonchev–Trinajstić information content (AvgIpc) is 2.89. The first-order valence-electron chi connectivity index (χ1n) is 6.20. The van der Waals surface area contributed by atoms with Crippen molar-refractivity contribution in [2.75, 3.05) is 7.11 Å². The Morgan fingerprint density at radius 3 is 2.71 bits per heavy atom. The molecule has 0 spiro atoms. The first kappa shape index (κ1) is 14.8. The zero-order valence-corrected chi connectivity index (χ0v) is 11.8. The summed E-state index contributed by atoms with van der Waals surface area (Å²) in [5.41, 5.74) is 6.66. The van der Waals surface area contributed by atoms with Gasteiger partial charge in [-0.2, -0.15) is 0 Å². The highest BCUT2D eigenvalue weighted by molar-refractivity contribution is 5.54. The van der Waals surface area contributed by atoms with E-state index in [2.05, 4.69) is 4.98 Å². The van der Waals surface area contributed by atoms with Crippen molar-refractivity contribution in [2.24, 2.45) is 12.8 Å². The number of nitrogens with zero attached hydrogens (tertiary/aromatic N) is 3. The van der Waals surface area contributed by atoms with E-state index in [1.807, 2.05) is 7.05 Å². The third kappa shape index (κ3) is 3.11. The molecular formula is C13H16N4O4. The molecule has 0 fully saturated rings. The molecule has 2 rings (SSSR count). The molecule has 0 amide bonds. The molecule has 0 unspecified atom stereocenters. The van der Waals surface area contributed by atoms with Crippen molar-refractivity contribution in [3.63, 3.8) is 0 Å². The van der Waals surface area contributed by atoms with Crippen molar-refractivity contribution >= 4 is 5.69 Å². The van der Waals surface area contributed by atoms with E-state index in [0.717, 1.165) is 5.69 Å². The van der Waals surface area contributed by atoms with Crippen LogP contribution in [0.25, 0.3) is 0 Å². The number of nitro groups is 1. The highest BCUT2D eigenvalue weighted by Crippen LogP contribution is 2.35. The number of imidazole rings is 1. The lowest BCUT2D eigenvalue weighted by Crippen LogP contribution is -2.06. The number of benzene rings is 1. The Bertz CT molecular complexity index is 654. The van der Waals surface area contributed by atoms with Gasteiger partial charge in [-0.1, -0.05) is 0 Å². The zero-order chi connectivity index (χ0) is 15.4. The zero-order valence-electron chi connectivity index (χ0n) is 11.8. The molecule has 0 aliphatic heterocycles. The monoisotopic (exact) mass is 292 g/mol. The number of hydrogen-bond acceptors (Lipinski definition) is 6. The van der Waals surface area contributed by atoms with Crippen LogP contribution in [0, 0.1) is 10.1 Å². The van der Waals surface area contributed by atoms with Crippen LogP contribution in [0.1, 0.15) is 11.3 Å². The Labute approximate surface area is 121 Å². The summed E-state index contributed by atoms with van der Waals surface area (Å²) in [7, 11) is 3.31. The van der Waals surface area contributed by atoms with E-state index in [9.17, 15) is 10.1 Å². The van der Waals surface area contributed by atoms with Crippen LogP contribution >= 0.6 is 0 Å². The topological polar surface area (TPSA) is 105 Å². The second-order valence-electron chi connectivity index (χ2n) is 4.38. The normalized spacial score (nSPS) is 10.4. The standard InChI is InChI=1S/C13H16N4O4/c1-16-8-15-6-10(16)7-21-13-4-11(17(18)19)9(5-14)3-12(13)20-2/h3-4,6,8H,5,7,14H2,1-2H3. The Hall–Kier alpha value is -2.61. The highest BCUT2D eigenvalue weighted by atomic mass is 16.6. The summed E-state index contributed by atoms with van der Waals surface area (Å²) in [4.78, 5) is 14.5. The molecule has 0 saturated carbocycles. The molecule has 0 bridgehead atoms. The quantitative estimate of drug-likeness (QED) is 0.636. The number of methoxy groups -OCH3 is 1. The number of hydrogen-bond donors (Lipinski definition) is 1. The molecule has 8 heteroatoms. The van der Waals surface area contributed by atoms with E-state index >= 15 is 0 Å². The second-order valence-corrected chi connectivity index (χ2v) is 4.38. The van der Waals surface area contributed by atoms with Gasteiger partial charge >= 0.3 is 0 Å². The van der Waals surface area contributed by atoms with E-state index < -0.39 is 4.92 Å². The maximum absolute atomic E-state index is 11.1. The molecular weight excluding hydrogens is 276 g/mol. The molecule has 2 N–H and O–H groups in total. The van der Waals surface area contributed by atoms with Gasteiger partial charge < -0.3 is 19.8 Å². The molecule has 0 aliphatic carbocycles. The van der Waals surface area contributed by atoms with Crippen molar-refractivity contribution in [1.29, 1.82) is 0 Å². The van der Waals surface area contributed by atoms with Crippen molar-refractivity contribution in [3.8, 4) is 11.5 Å². The average molecular weight is 292 g/mol. The number of nitro benzene ring substituents is 1. The van der Waals surface area contributed by atoms with Gasteiger partial charge in [-0.05, 0) is 6.07 Å². The maximum Gasteiger partial charge on any atom is 0.277 e. The van der Waals surface area contributed by atoms with E-state index in [-0.39, 0.29) is 18.8 Å². The van der Waals surface area contributed by atoms with E-state index in [1.54, 1.807) is 17.1 Å². The third-order valence-electron chi connectivity index (χ3n) is 3.07. The molecule has 21 heavy (non-hydrogen) atoms. The van der Waals surface area contributed by atoms with E-state index in [1.165, 1.54) is 19.2 Å². The van der Waals surface area contributed by atoms with Gasteiger partial charge in [0.25, 0.3) is 5.69 Å². The summed E-state index contributed by atoms with van der Waals surface area (Å²) in [6.07, 6.45) is 3.31. The van der Waals surface area contributed by atoms with Gasteiger partial charge in [0, 0.05) is 19.2 Å². The van der Waals surface area contributed by atoms with Gasteiger partial charge in [0.2, 0.25) is 0 Å². The van der Waals surface area contributed by atoms with Gasteiger partial charge in [-0.25, -0.2) is 4.98 Å². The minimum absolute atomic E-state index is 0.0503. The molecule has 1 aromatic heterocycles. The van der Waals surface area contributed by atoms with E-state index in [0.29, 0.717) is 17.1 Å². The van der Waals surface area contributed by atoms with Gasteiger partial charge in [-0.15, -0.1) is 0 Å². The van der Waals surface area contributed by atoms with Crippen LogP contribution < -0.4 is 15.2 Å². The number of aryl methyl sites for hydroxylation is 1. The van der Waals surface area contributed by atoms with Crippen molar-refractivity contribution in [1.82, 2.24) is 9.55 Å². The van der Waals surface area contributed by atoms with Crippen LogP contribution in [-0.2, 0) is 20.2 Å². The van der Waals surface area contributed by atoms with Crippen molar-refractivity contribution < 1.29 is 14.4 Å². The van der Waals surface area contributed by atoms with Crippen LogP contribution in [0.15, 0.2) is 24.7 Å². The fraction of sp³-hybridized carbons (Fsp3) is 0.308. The first-order chi connectivity index (χ1) is 10.1. The SMILES string of the molecule is COc1cc(CN)c([N+](=O)[O-])cc1OCc1cncn1C. The highest BCUT2D eigenvalue weighted by Gasteiger charge is 2.19. The Balaban J connectivity index is 2.31. The molecule has 112 valence electrons. The summed E-state index contributed by atoms with van der Waals surface area (Å²) >= 11 is 0. The van der Waals surface area contributed by atoms with Crippen LogP contribution in [0.3, 0.4) is 0 Å². The largest absolute Gasteiger partial charge is 0.493 e. The third-order valence-corrected chi connectivity index (χ3v) is 3.07. The van der Waals surface area contributed by atoms with Gasteiger partial charge in [0.1, 0.15) is 6.61 Å². The second kappa shape index (κ2) is 6.23. The predicted molar refractivity (Wildman–Crippen MR) is 75.1 cm³/mol. The maximum atomic E-state index is 11.1. The van der Waals surface area contributed by atoms with E-state index in [4.69, 9.17) is 15.2 Å². The lowest BCUT2D eigenvalue weighted by Gasteiger charge is -2.12. The molecule has 0 aliphatic rings. The number of ether oxygens (including phenoxy) is 2. The van der Waals surface area contributed by atoms with Gasteiger partial charge in [-0.3, -0.25) is 10.1 Å². The molecule has 8 nitrogen and oxygen atoms in total. The number of rotatable bonds is 6.